The van der Waals surface area contributed by atoms with Gasteiger partial charge in [0.2, 0.25) is 0 Å². The van der Waals surface area contributed by atoms with Gasteiger partial charge in [0.15, 0.2) is 0 Å². The topological polar surface area (TPSA) is 19.4 Å². The van der Waals surface area contributed by atoms with E-state index in [1.54, 1.807) is 0 Å². The molecule has 0 N–H and O–H groups in total. The van der Waals surface area contributed by atoms with E-state index in [0.29, 0.717) is 6.04 Å². The highest BCUT2D eigenvalue weighted by Crippen LogP contribution is 2.38. The Balaban J connectivity index is 1.83. The minimum atomic E-state index is 0.217. The van der Waals surface area contributed by atoms with Crippen LogP contribution in [0.4, 0.5) is 0 Å². The molecule has 0 amide bonds. The molecule has 0 spiro atoms. The smallest absolute Gasteiger partial charge is 0.0782 e. The lowest BCUT2D eigenvalue weighted by Crippen LogP contribution is -2.51. The molecule has 2 aliphatic rings. The number of likely N-dealkylation sites (N-methyl/N-ethyl adjacent to an activating group) is 1. The van der Waals surface area contributed by atoms with Crippen molar-refractivity contribution in [3.8, 4) is 0 Å². The highest BCUT2D eigenvalue weighted by atomic mass is 79.9. The number of halogens is 2. The molecule has 2 atom stereocenters. The third-order valence-electron chi connectivity index (χ3n) is 5.65. The zero-order chi connectivity index (χ0) is 17.6. The fraction of sp³-hybridized carbons (Fsp3) is 0.450. The number of nitrogens with zero attached hydrogens (tertiary/aromatic N) is 3. The predicted molar refractivity (Wildman–Crippen MR) is 106 cm³/mol. The number of piperazine rings is 1. The summed E-state index contributed by atoms with van der Waals surface area (Å²) in [6, 6.07) is 9.38. The average Bonchev–Trinajstić information content (AvgIpc) is 2.74. The van der Waals surface area contributed by atoms with Crippen LogP contribution in [0.2, 0.25) is 5.02 Å². The van der Waals surface area contributed by atoms with E-state index in [1.807, 2.05) is 12.3 Å². The summed E-state index contributed by atoms with van der Waals surface area (Å²) in [7, 11) is 2.21. The largest absolute Gasteiger partial charge is 0.301 e. The molecule has 0 saturated carbocycles. The zero-order valence-corrected chi connectivity index (χ0v) is 17.0. The third-order valence-corrected chi connectivity index (χ3v) is 6.32. The van der Waals surface area contributed by atoms with Gasteiger partial charge in [-0.2, -0.15) is 0 Å². The van der Waals surface area contributed by atoms with Crippen LogP contribution in [0, 0.1) is 0 Å². The Bertz CT molecular complexity index is 741. The van der Waals surface area contributed by atoms with Crippen molar-refractivity contribution in [2.45, 2.75) is 31.8 Å². The molecule has 25 heavy (non-hydrogen) atoms. The minimum absolute atomic E-state index is 0.217. The number of fused-ring (bicyclic) bond motifs is 2. The van der Waals surface area contributed by atoms with E-state index in [-0.39, 0.29) is 6.04 Å². The Morgan fingerprint density at radius 2 is 1.96 bits per heavy atom. The van der Waals surface area contributed by atoms with Gasteiger partial charge in [-0.05, 0) is 77.6 Å². The maximum absolute atomic E-state index is 6.30. The lowest BCUT2D eigenvalue weighted by atomic mass is 9.95. The highest BCUT2D eigenvalue weighted by molar-refractivity contribution is 9.10. The molecule has 1 aliphatic carbocycles. The summed E-state index contributed by atoms with van der Waals surface area (Å²) in [5.74, 6) is 0. The second kappa shape index (κ2) is 6.99. The number of pyridine rings is 1. The van der Waals surface area contributed by atoms with Gasteiger partial charge in [-0.15, -0.1) is 0 Å². The SMILES string of the molecule is CC1CN(C2c3ccc(Cl)cc3CCc3cc(Br)cnc32)CCN1C. The van der Waals surface area contributed by atoms with Crippen molar-refractivity contribution in [1.82, 2.24) is 14.8 Å². The Hall–Kier alpha value is -0.940. The predicted octanol–water partition coefficient (Wildman–Crippen LogP) is 4.32. The Kier molecular flexibility index (Phi) is 4.89. The molecule has 2 unspecified atom stereocenters. The maximum atomic E-state index is 6.30. The summed E-state index contributed by atoms with van der Waals surface area (Å²) in [6.45, 7) is 5.51. The molecular weight excluding hydrogens is 398 g/mol. The van der Waals surface area contributed by atoms with Crippen LogP contribution in [-0.4, -0.2) is 47.5 Å². The molecule has 1 aliphatic heterocycles. The number of aryl methyl sites for hydroxylation is 2. The van der Waals surface area contributed by atoms with Crippen molar-refractivity contribution in [3.63, 3.8) is 0 Å². The van der Waals surface area contributed by atoms with Crippen LogP contribution in [0.5, 0.6) is 0 Å². The number of benzene rings is 1. The van der Waals surface area contributed by atoms with Crippen molar-refractivity contribution >= 4 is 27.5 Å². The molecule has 5 heteroatoms. The van der Waals surface area contributed by atoms with E-state index in [2.05, 4.69) is 57.9 Å². The van der Waals surface area contributed by atoms with Crippen LogP contribution in [-0.2, 0) is 12.8 Å². The standard InChI is InChI=1S/C20H23BrClN3/c1-13-12-25(8-7-24(13)2)20-18-6-5-17(22)10-14(18)3-4-15-9-16(21)11-23-19(15)20/h5-6,9-11,13,20H,3-4,7-8,12H2,1-2H3. The van der Waals surface area contributed by atoms with Crippen LogP contribution < -0.4 is 0 Å². The lowest BCUT2D eigenvalue weighted by molar-refractivity contribution is 0.0824. The first-order chi connectivity index (χ1) is 12.0. The van der Waals surface area contributed by atoms with Gasteiger partial charge in [-0.3, -0.25) is 9.88 Å². The van der Waals surface area contributed by atoms with Crippen LogP contribution in [0.15, 0.2) is 34.9 Å². The summed E-state index contributed by atoms with van der Waals surface area (Å²) in [5, 5.41) is 0.823. The number of rotatable bonds is 1. The van der Waals surface area contributed by atoms with Gasteiger partial charge in [-0.25, -0.2) is 0 Å². The van der Waals surface area contributed by atoms with Crippen molar-refractivity contribution < 1.29 is 0 Å². The Labute approximate surface area is 163 Å². The molecule has 132 valence electrons. The molecule has 1 fully saturated rings. The van der Waals surface area contributed by atoms with E-state index in [4.69, 9.17) is 16.6 Å². The number of hydrogen-bond donors (Lipinski definition) is 0. The fourth-order valence-electron chi connectivity index (χ4n) is 4.09. The van der Waals surface area contributed by atoms with Gasteiger partial charge in [0.25, 0.3) is 0 Å². The van der Waals surface area contributed by atoms with Crippen molar-refractivity contribution in [3.05, 3.63) is 62.3 Å². The summed E-state index contributed by atoms with van der Waals surface area (Å²) >= 11 is 9.89. The molecule has 0 bridgehead atoms. The summed E-state index contributed by atoms with van der Waals surface area (Å²) in [4.78, 5) is 9.90. The molecule has 1 aromatic carbocycles. The number of aromatic nitrogens is 1. The molecule has 1 aromatic heterocycles. The van der Waals surface area contributed by atoms with E-state index >= 15 is 0 Å². The van der Waals surface area contributed by atoms with Gasteiger partial charge in [-0.1, -0.05) is 17.7 Å². The molecular formula is C20H23BrClN3. The van der Waals surface area contributed by atoms with Crippen molar-refractivity contribution in [2.24, 2.45) is 0 Å². The van der Waals surface area contributed by atoms with Gasteiger partial charge in [0.1, 0.15) is 0 Å². The van der Waals surface area contributed by atoms with Gasteiger partial charge in [0.05, 0.1) is 11.7 Å². The van der Waals surface area contributed by atoms with Gasteiger partial charge in [0, 0.05) is 41.4 Å². The van der Waals surface area contributed by atoms with E-state index in [0.717, 1.165) is 42.0 Å². The number of hydrogen-bond acceptors (Lipinski definition) is 3. The Morgan fingerprint density at radius 3 is 2.76 bits per heavy atom. The Morgan fingerprint density at radius 1 is 1.16 bits per heavy atom. The summed E-state index contributed by atoms with van der Waals surface area (Å²) < 4.78 is 1.06. The second-order valence-corrected chi connectivity index (χ2v) is 8.62. The molecule has 4 rings (SSSR count). The maximum Gasteiger partial charge on any atom is 0.0782 e. The first-order valence-corrected chi connectivity index (χ1v) is 10.1. The van der Waals surface area contributed by atoms with Gasteiger partial charge >= 0.3 is 0 Å². The molecule has 1 saturated heterocycles. The normalized spacial score (nSPS) is 24.5. The average molecular weight is 421 g/mol. The van der Waals surface area contributed by atoms with Crippen LogP contribution in [0.3, 0.4) is 0 Å². The summed E-state index contributed by atoms with van der Waals surface area (Å²) in [6.07, 6.45) is 3.96. The molecule has 0 radical (unpaired) electrons. The van der Waals surface area contributed by atoms with Crippen molar-refractivity contribution in [1.29, 1.82) is 0 Å². The quantitative estimate of drug-likeness (QED) is 0.685. The second-order valence-electron chi connectivity index (χ2n) is 7.27. The summed E-state index contributed by atoms with van der Waals surface area (Å²) in [5.41, 5.74) is 5.28. The third kappa shape index (κ3) is 3.37. The van der Waals surface area contributed by atoms with Gasteiger partial charge < -0.3 is 4.90 Å². The molecule has 2 aromatic rings. The monoisotopic (exact) mass is 419 g/mol. The van der Waals surface area contributed by atoms with E-state index in [9.17, 15) is 0 Å². The van der Waals surface area contributed by atoms with E-state index < -0.39 is 0 Å². The molecule has 2 heterocycles. The fourth-order valence-corrected chi connectivity index (χ4v) is 4.67. The zero-order valence-electron chi connectivity index (χ0n) is 14.7. The first-order valence-electron chi connectivity index (χ1n) is 8.90. The van der Waals surface area contributed by atoms with Crippen molar-refractivity contribution in [2.75, 3.05) is 26.7 Å². The lowest BCUT2D eigenvalue weighted by Gasteiger charge is -2.42. The van der Waals surface area contributed by atoms with Crippen LogP contribution >= 0.6 is 27.5 Å². The molecule has 3 nitrogen and oxygen atoms in total. The van der Waals surface area contributed by atoms with Crippen LogP contribution in [0.25, 0.3) is 0 Å². The first kappa shape index (κ1) is 17.5. The minimum Gasteiger partial charge on any atom is -0.301 e. The highest BCUT2D eigenvalue weighted by Gasteiger charge is 2.33. The van der Waals surface area contributed by atoms with E-state index in [1.165, 1.54) is 22.4 Å². The van der Waals surface area contributed by atoms with Crippen LogP contribution in [0.1, 0.15) is 35.3 Å².